The van der Waals surface area contributed by atoms with Gasteiger partial charge in [0.2, 0.25) is 0 Å². The molecule has 1 saturated heterocycles. The fourth-order valence-corrected chi connectivity index (χ4v) is 3.19. The minimum Gasteiger partial charge on any atom is -0.505 e. The number of anilines is 1. The normalized spacial score (nSPS) is 20.2. The number of phenolic OH excluding ortho intramolecular Hbond substituents is 1. The molecule has 120 valence electrons. The van der Waals surface area contributed by atoms with Crippen LogP contribution >= 0.6 is 24.8 Å². The first-order chi connectivity index (χ1) is 9.18. The van der Waals surface area contributed by atoms with Crippen molar-refractivity contribution >= 4 is 30.5 Å². The Balaban J connectivity index is 0.00000110. The third kappa shape index (κ3) is 3.75. The van der Waals surface area contributed by atoms with Crippen molar-refractivity contribution in [2.45, 2.75) is 25.8 Å². The van der Waals surface area contributed by atoms with Crippen molar-refractivity contribution in [1.82, 2.24) is 10.2 Å². The van der Waals surface area contributed by atoms with E-state index in [-0.39, 0.29) is 24.8 Å². The number of phenols is 1. The number of hydrogen-bond acceptors (Lipinski definition) is 4. The van der Waals surface area contributed by atoms with Gasteiger partial charge in [-0.25, -0.2) is 0 Å². The lowest BCUT2D eigenvalue weighted by Gasteiger charge is -2.36. The zero-order valence-electron chi connectivity index (χ0n) is 12.3. The number of aryl methyl sites for hydroxylation is 1. The van der Waals surface area contributed by atoms with Crippen molar-refractivity contribution in [3.8, 4) is 5.75 Å². The van der Waals surface area contributed by atoms with Gasteiger partial charge in [-0.2, -0.15) is 0 Å². The lowest BCUT2D eigenvalue weighted by atomic mass is 9.94. The topological polar surface area (TPSA) is 61.5 Å². The molecule has 0 aromatic heterocycles. The highest BCUT2D eigenvalue weighted by Crippen LogP contribution is 2.48. The summed E-state index contributed by atoms with van der Waals surface area (Å²) in [5, 5.41) is 13.8. The number of benzene rings is 1. The number of nitrogens with two attached hydrogens (primary N) is 1. The van der Waals surface area contributed by atoms with Crippen LogP contribution in [0.15, 0.2) is 12.1 Å². The second kappa shape index (κ2) is 7.54. The fraction of sp³-hybridized carbons (Fsp3) is 0.600. The van der Waals surface area contributed by atoms with Crippen LogP contribution in [-0.2, 0) is 0 Å². The largest absolute Gasteiger partial charge is 0.505 e. The SMILES string of the molecule is Cc1ccc(N)c(O)c1[C@H](C1CC1)N1CCNCC1.Cl.Cl. The van der Waals surface area contributed by atoms with Crippen molar-refractivity contribution in [2.75, 3.05) is 31.9 Å². The van der Waals surface area contributed by atoms with Crippen molar-refractivity contribution in [2.24, 2.45) is 5.92 Å². The van der Waals surface area contributed by atoms with Gasteiger partial charge in [-0.15, -0.1) is 24.8 Å². The van der Waals surface area contributed by atoms with Crippen molar-refractivity contribution in [3.63, 3.8) is 0 Å². The van der Waals surface area contributed by atoms with Gasteiger partial charge >= 0.3 is 0 Å². The second-order valence-corrected chi connectivity index (χ2v) is 5.80. The monoisotopic (exact) mass is 333 g/mol. The Bertz CT molecular complexity index is 474. The van der Waals surface area contributed by atoms with Crippen molar-refractivity contribution in [1.29, 1.82) is 0 Å². The lowest BCUT2D eigenvalue weighted by Crippen LogP contribution is -2.45. The van der Waals surface area contributed by atoms with Gasteiger partial charge in [0.1, 0.15) is 5.75 Å². The first kappa shape index (κ1) is 18.4. The molecule has 1 aliphatic heterocycles. The molecule has 21 heavy (non-hydrogen) atoms. The Morgan fingerprint density at radius 3 is 2.43 bits per heavy atom. The second-order valence-electron chi connectivity index (χ2n) is 5.80. The van der Waals surface area contributed by atoms with E-state index in [1.807, 2.05) is 6.07 Å². The number of hydrogen-bond donors (Lipinski definition) is 3. The number of nitrogens with one attached hydrogen (secondary N) is 1. The molecule has 2 aliphatic rings. The number of aromatic hydroxyl groups is 1. The summed E-state index contributed by atoms with van der Waals surface area (Å²) in [5.74, 6) is 0.986. The minimum atomic E-state index is 0. The van der Waals surface area contributed by atoms with Gasteiger partial charge in [0.15, 0.2) is 0 Å². The smallest absolute Gasteiger partial charge is 0.143 e. The maximum absolute atomic E-state index is 10.4. The lowest BCUT2D eigenvalue weighted by molar-refractivity contribution is 0.153. The van der Waals surface area contributed by atoms with Crippen LogP contribution in [-0.4, -0.2) is 36.2 Å². The molecule has 6 heteroatoms. The van der Waals surface area contributed by atoms with Gasteiger partial charge < -0.3 is 16.2 Å². The molecular weight excluding hydrogens is 309 g/mol. The highest BCUT2D eigenvalue weighted by Gasteiger charge is 2.39. The zero-order valence-corrected chi connectivity index (χ0v) is 14.0. The average Bonchev–Trinajstić information content (AvgIpc) is 3.24. The van der Waals surface area contributed by atoms with E-state index in [2.05, 4.69) is 17.1 Å². The third-order valence-electron chi connectivity index (χ3n) is 4.38. The van der Waals surface area contributed by atoms with E-state index in [9.17, 15) is 5.11 Å². The predicted octanol–water partition coefficient (Wildman–Crippen LogP) is 2.48. The van der Waals surface area contributed by atoms with Gasteiger partial charge in [0, 0.05) is 37.8 Å². The summed E-state index contributed by atoms with van der Waals surface area (Å²) in [7, 11) is 0. The van der Waals surface area contributed by atoms with Crippen molar-refractivity contribution in [3.05, 3.63) is 23.3 Å². The van der Waals surface area contributed by atoms with Crippen LogP contribution < -0.4 is 11.1 Å². The minimum absolute atomic E-state index is 0. The first-order valence-corrected chi connectivity index (χ1v) is 7.21. The molecule has 1 aliphatic carbocycles. The molecule has 4 N–H and O–H groups in total. The number of halogens is 2. The molecule has 4 nitrogen and oxygen atoms in total. The van der Waals surface area contributed by atoms with Crippen LogP contribution in [0.2, 0.25) is 0 Å². The summed E-state index contributed by atoms with van der Waals surface area (Å²) >= 11 is 0. The summed E-state index contributed by atoms with van der Waals surface area (Å²) in [6.45, 7) is 6.24. The highest BCUT2D eigenvalue weighted by molar-refractivity contribution is 5.85. The summed E-state index contributed by atoms with van der Waals surface area (Å²) < 4.78 is 0. The molecule has 1 saturated carbocycles. The van der Waals surface area contributed by atoms with Crippen LogP contribution in [0.5, 0.6) is 5.75 Å². The van der Waals surface area contributed by atoms with E-state index in [1.165, 1.54) is 12.8 Å². The Morgan fingerprint density at radius 2 is 1.86 bits per heavy atom. The van der Waals surface area contributed by atoms with E-state index < -0.39 is 0 Å². The average molecular weight is 334 g/mol. The molecule has 0 unspecified atom stereocenters. The third-order valence-corrected chi connectivity index (χ3v) is 4.38. The highest BCUT2D eigenvalue weighted by atomic mass is 35.5. The number of piperazine rings is 1. The molecule has 1 aromatic carbocycles. The van der Waals surface area contributed by atoms with Crippen LogP contribution in [0.1, 0.15) is 30.0 Å². The van der Waals surface area contributed by atoms with Gasteiger partial charge in [0.25, 0.3) is 0 Å². The summed E-state index contributed by atoms with van der Waals surface area (Å²) in [6, 6.07) is 4.17. The van der Waals surface area contributed by atoms with Gasteiger partial charge in [-0.05, 0) is 37.3 Å². The van der Waals surface area contributed by atoms with E-state index in [0.29, 0.717) is 23.4 Å². The quantitative estimate of drug-likeness (QED) is 0.587. The number of rotatable bonds is 3. The summed E-state index contributed by atoms with van der Waals surface area (Å²) in [4.78, 5) is 2.51. The predicted molar refractivity (Wildman–Crippen MR) is 91.7 cm³/mol. The molecular formula is C15H25Cl2N3O. The van der Waals surface area contributed by atoms with Gasteiger partial charge in [-0.1, -0.05) is 6.07 Å². The molecule has 1 atom stereocenters. The Labute approximate surface area is 138 Å². The number of nitrogen functional groups attached to an aromatic ring is 1. The van der Waals surface area contributed by atoms with E-state index >= 15 is 0 Å². The Hall–Kier alpha value is -0.680. The zero-order chi connectivity index (χ0) is 13.4. The van der Waals surface area contributed by atoms with Crippen LogP contribution in [0.4, 0.5) is 5.69 Å². The van der Waals surface area contributed by atoms with E-state index in [1.54, 1.807) is 6.07 Å². The molecule has 0 amide bonds. The molecule has 0 radical (unpaired) electrons. The molecule has 0 bridgehead atoms. The molecule has 1 heterocycles. The summed E-state index contributed by atoms with van der Waals surface area (Å²) in [6.07, 6.45) is 2.53. The molecule has 1 aromatic rings. The maximum atomic E-state index is 10.4. The Kier molecular flexibility index (Phi) is 6.60. The Morgan fingerprint density at radius 1 is 1.24 bits per heavy atom. The van der Waals surface area contributed by atoms with E-state index in [0.717, 1.165) is 37.3 Å². The van der Waals surface area contributed by atoms with Gasteiger partial charge in [0.05, 0.1) is 5.69 Å². The summed E-state index contributed by atoms with van der Waals surface area (Å²) in [5.41, 5.74) is 8.61. The van der Waals surface area contributed by atoms with Crippen LogP contribution in [0, 0.1) is 12.8 Å². The van der Waals surface area contributed by atoms with Crippen LogP contribution in [0.25, 0.3) is 0 Å². The van der Waals surface area contributed by atoms with Gasteiger partial charge in [-0.3, -0.25) is 4.90 Å². The van der Waals surface area contributed by atoms with Crippen LogP contribution in [0.3, 0.4) is 0 Å². The standard InChI is InChI=1S/C15H23N3O.2ClH/c1-10-2-5-12(16)15(19)13(10)14(11-3-4-11)18-8-6-17-7-9-18;;/h2,5,11,14,17,19H,3-4,6-9,16H2,1H3;2*1H/t14-;;/m0../s1. The fourth-order valence-electron chi connectivity index (χ4n) is 3.19. The molecule has 2 fully saturated rings. The molecule has 3 rings (SSSR count). The van der Waals surface area contributed by atoms with E-state index in [4.69, 9.17) is 5.73 Å². The van der Waals surface area contributed by atoms with Crippen molar-refractivity contribution < 1.29 is 5.11 Å². The molecule has 0 spiro atoms. The maximum Gasteiger partial charge on any atom is 0.143 e. The first-order valence-electron chi connectivity index (χ1n) is 7.21. The number of nitrogens with zero attached hydrogens (tertiary/aromatic N) is 1.